The lowest BCUT2D eigenvalue weighted by Gasteiger charge is -2.32. The Hall–Kier alpha value is -0.570. The lowest BCUT2D eigenvalue weighted by molar-refractivity contribution is 0.169. The smallest absolute Gasteiger partial charge is 0.0406 e. The van der Waals surface area contributed by atoms with E-state index in [2.05, 4.69) is 18.7 Å². The van der Waals surface area contributed by atoms with Crippen molar-refractivity contribution in [2.24, 2.45) is 5.73 Å². The molecule has 2 N–H and O–H groups in total. The fourth-order valence-corrected chi connectivity index (χ4v) is 2.88. The van der Waals surface area contributed by atoms with Crippen LogP contribution >= 0.6 is 11.6 Å². The Balaban J connectivity index is 1.88. The zero-order chi connectivity index (χ0) is 13.2. The molecule has 1 atom stereocenters. The van der Waals surface area contributed by atoms with Crippen molar-refractivity contribution < 1.29 is 0 Å². The largest absolute Gasteiger partial charge is 0.324 e. The average Bonchev–Trinajstić information content (AvgIpc) is 2.66. The molecule has 1 heterocycles. The SMILES string of the molecule is CC1(C)CCCN1CCC(N)c1ccc(Cl)cc1. The highest BCUT2D eigenvalue weighted by atomic mass is 35.5. The highest BCUT2D eigenvalue weighted by Gasteiger charge is 2.31. The number of nitrogens with two attached hydrogens (primary N) is 1. The van der Waals surface area contributed by atoms with Gasteiger partial charge in [-0.15, -0.1) is 0 Å². The van der Waals surface area contributed by atoms with Gasteiger partial charge in [0.2, 0.25) is 0 Å². The van der Waals surface area contributed by atoms with E-state index >= 15 is 0 Å². The molecule has 0 saturated carbocycles. The molecular weight excluding hydrogens is 244 g/mol. The van der Waals surface area contributed by atoms with Gasteiger partial charge in [0, 0.05) is 23.1 Å². The fourth-order valence-electron chi connectivity index (χ4n) is 2.75. The van der Waals surface area contributed by atoms with Crippen LogP contribution in [0.4, 0.5) is 0 Å². The Bertz CT molecular complexity index is 386. The van der Waals surface area contributed by atoms with Crippen molar-refractivity contribution in [3.63, 3.8) is 0 Å². The number of rotatable bonds is 4. The van der Waals surface area contributed by atoms with Crippen LogP contribution in [-0.2, 0) is 0 Å². The second-order valence-corrected chi connectivity index (χ2v) is 6.29. The maximum absolute atomic E-state index is 6.24. The first kappa shape index (κ1) is 13.9. The monoisotopic (exact) mass is 266 g/mol. The maximum atomic E-state index is 6.24. The minimum Gasteiger partial charge on any atom is -0.324 e. The second kappa shape index (κ2) is 5.60. The Kier molecular flexibility index (Phi) is 4.31. The predicted octanol–water partition coefficient (Wildman–Crippen LogP) is 3.60. The van der Waals surface area contributed by atoms with E-state index < -0.39 is 0 Å². The number of hydrogen-bond donors (Lipinski definition) is 1. The molecule has 1 saturated heterocycles. The minimum atomic E-state index is 0.110. The minimum absolute atomic E-state index is 0.110. The molecule has 3 heteroatoms. The van der Waals surface area contributed by atoms with Crippen LogP contribution in [0.25, 0.3) is 0 Å². The van der Waals surface area contributed by atoms with Gasteiger partial charge in [0.05, 0.1) is 0 Å². The van der Waals surface area contributed by atoms with Crippen molar-refractivity contribution in [1.29, 1.82) is 0 Å². The molecule has 1 aromatic rings. The zero-order valence-corrected chi connectivity index (χ0v) is 12.1. The number of likely N-dealkylation sites (tertiary alicyclic amines) is 1. The summed E-state index contributed by atoms with van der Waals surface area (Å²) in [5.41, 5.74) is 7.77. The average molecular weight is 267 g/mol. The number of hydrogen-bond acceptors (Lipinski definition) is 2. The maximum Gasteiger partial charge on any atom is 0.0406 e. The van der Waals surface area contributed by atoms with Crippen LogP contribution in [0.3, 0.4) is 0 Å². The summed E-state index contributed by atoms with van der Waals surface area (Å²) in [5, 5.41) is 0.770. The van der Waals surface area contributed by atoms with E-state index in [1.807, 2.05) is 24.3 Å². The summed E-state index contributed by atoms with van der Waals surface area (Å²) in [7, 11) is 0. The fraction of sp³-hybridized carbons (Fsp3) is 0.600. The van der Waals surface area contributed by atoms with Crippen LogP contribution in [0, 0.1) is 0 Å². The molecule has 1 aromatic carbocycles. The quantitative estimate of drug-likeness (QED) is 0.902. The van der Waals surface area contributed by atoms with Gasteiger partial charge in [0.1, 0.15) is 0 Å². The number of benzene rings is 1. The van der Waals surface area contributed by atoms with Gasteiger partial charge < -0.3 is 5.73 Å². The summed E-state index contributed by atoms with van der Waals surface area (Å²) < 4.78 is 0. The van der Waals surface area contributed by atoms with Crippen molar-refractivity contribution >= 4 is 11.6 Å². The summed E-state index contributed by atoms with van der Waals surface area (Å²) >= 11 is 5.89. The molecular formula is C15H23ClN2. The van der Waals surface area contributed by atoms with E-state index in [9.17, 15) is 0 Å². The molecule has 100 valence electrons. The van der Waals surface area contributed by atoms with E-state index in [4.69, 9.17) is 17.3 Å². The van der Waals surface area contributed by atoms with Crippen molar-refractivity contribution in [1.82, 2.24) is 4.90 Å². The summed E-state index contributed by atoms with van der Waals surface area (Å²) in [6, 6.07) is 8.00. The van der Waals surface area contributed by atoms with Gasteiger partial charge in [-0.2, -0.15) is 0 Å². The molecule has 1 unspecified atom stereocenters. The molecule has 2 nitrogen and oxygen atoms in total. The lowest BCUT2D eigenvalue weighted by Crippen LogP contribution is -2.39. The van der Waals surface area contributed by atoms with Gasteiger partial charge in [-0.3, -0.25) is 4.90 Å². The van der Waals surface area contributed by atoms with Gasteiger partial charge >= 0.3 is 0 Å². The first-order valence-corrected chi connectivity index (χ1v) is 7.13. The summed E-state index contributed by atoms with van der Waals surface area (Å²) in [6.45, 7) is 6.94. The Morgan fingerprint density at radius 2 is 2.00 bits per heavy atom. The number of halogens is 1. The van der Waals surface area contributed by atoms with Gasteiger partial charge in [-0.05, 0) is 57.4 Å². The molecule has 0 radical (unpaired) electrons. The topological polar surface area (TPSA) is 29.3 Å². The molecule has 2 rings (SSSR count). The molecule has 1 aliphatic rings. The van der Waals surface area contributed by atoms with Crippen LogP contribution in [0.15, 0.2) is 24.3 Å². The van der Waals surface area contributed by atoms with Crippen molar-refractivity contribution in [2.45, 2.75) is 44.7 Å². The Labute approximate surface area is 115 Å². The molecule has 0 spiro atoms. The van der Waals surface area contributed by atoms with Crippen LogP contribution < -0.4 is 5.73 Å². The Morgan fingerprint density at radius 3 is 2.56 bits per heavy atom. The highest BCUT2D eigenvalue weighted by molar-refractivity contribution is 6.30. The van der Waals surface area contributed by atoms with E-state index in [1.165, 1.54) is 24.9 Å². The first-order chi connectivity index (χ1) is 8.49. The molecule has 0 aromatic heterocycles. The lowest BCUT2D eigenvalue weighted by atomic mass is 10.0. The zero-order valence-electron chi connectivity index (χ0n) is 11.3. The number of nitrogens with zero attached hydrogens (tertiary/aromatic N) is 1. The molecule has 18 heavy (non-hydrogen) atoms. The third-order valence-corrected chi connectivity index (χ3v) is 4.33. The van der Waals surface area contributed by atoms with Crippen LogP contribution in [0.2, 0.25) is 5.02 Å². The Morgan fingerprint density at radius 1 is 1.33 bits per heavy atom. The van der Waals surface area contributed by atoms with Gasteiger partial charge in [-0.1, -0.05) is 23.7 Å². The second-order valence-electron chi connectivity index (χ2n) is 5.85. The normalized spacial score (nSPS) is 21.1. The van der Waals surface area contributed by atoms with Gasteiger partial charge in [0.15, 0.2) is 0 Å². The molecule has 1 fully saturated rings. The third kappa shape index (κ3) is 3.25. The highest BCUT2D eigenvalue weighted by Crippen LogP contribution is 2.29. The third-order valence-electron chi connectivity index (χ3n) is 4.08. The first-order valence-electron chi connectivity index (χ1n) is 6.75. The van der Waals surface area contributed by atoms with E-state index in [-0.39, 0.29) is 6.04 Å². The van der Waals surface area contributed by atoms with Crippen LogP contribution in [0.5, 0.6) is 0 Å². The van der Waals surface area contributed by atoms with E-state index in [0.29, 0.717) is 5.54 Å². The summed E-state index contributed by atoms with van der Waals surface area (Å²) in [6.07, 6.45) is 3.61. The van der Waals surface area contributed by atoms with Gasteiger partial charge in [0.25, 0.3) is 0 Å². The van der Waals surface area contributed by atoms with E-state index in [1.54, 1.807) is 0 Å². The van der Waals surface area contributed by atoms with Crippen molar-refractivity contribution in [3.8, 4) is 0 Å². The summed E-state index contributed by atoms with van der Waals surface area (Å²) in [5.74, 6) is 0. The van der Waals surface area contributed by atoms with Crippen LogP contribution in [0.1, 0.15) is 44.7 Å². The molecule has 1 aliphatic heterocycles. The predicted molar refractivity (Wildman–Crippen MR) is 77.9 cm³/mol. The molecule has 0 bridgehead atoms. The van der Waals surface area contributed by atoms with Crippen molar-refractivity contribution in [2.75, 3.05) is 13.1 Å². The molecule has 0 aliphatic carbocycles. The summed E-state index contributed by atoms with van der Waals surface area (Å²) in [4.78, 5) is 2.56. The van der Waals surface area contributed by atoms with Crippen LogP contribution in [-0.4, -0.2) is 23.5 Å². The molecule has 0 amide bonds. The van der Waals surface area contributed by atoms with E-state index in [0.717, 1.165) is 18.0 Å². The standard InChI is InChI=1S/C15H23ClN2/c1-15(2)9-3-10-18(15)11-8-14(17)12-4-6-13(16)7-5-12/h4-7,14H,3,8-11,17H2,1-2H3. The van der Waals surface area contributed by atoms with Gasteiger partial charge in [-0.25, -0.2) is 0 Å². The van der Waals surface area contributed by atoms with Crippen molar-refractivity contribution in [3.05, 3.63) is 34.9 Å².